The van der Waals surface area contributed by atoms with Crippen molar-refractivity contribution in [3.05, 3.63) is 57.5 Å². The van der Waals surface area contributed by atoms with E-state index in [0.717, 1.165) is 11.1 Å². The summed E-state index contributed by atoms with van der Waals surface area (Å²) in [5.41, 5.74) is 1.71. The normalized spacial score (nSPS) is 15.1. The molecular formula is C14H17N3O4. The van der Waals surface area contributed by atoms with E-state index in [-0.39, 0.29) is 19.1 Å². The van der Waals surface area contributed by atoms with Crippen LogP contribution in [0.1, 0.15) is 24.1 Å². The van der Waals surface area contributed by atoms with Crippen LogP contribution in [0.4, 0.5) is 0 Å². The van der Waals surface area contributed by atoms with Gasteiger partial charge in [0.05, 0.1) is 12.8 Å². The fourth-order valence-electron chi connectivity index (χ4n) is 2.25. The fraction of sp³-hybridized carbons (Fsp3) is 0.357. The lowest BCUT2D eigenvalue weighted by molar-refractivity contribution is -0.430. The number of ether oxygens (including phenoxy) is 1. The molecule has 1 aromatic carbocycles. The van der Waals surface area contributed by atoms with Crippen LogP contribution in [0.5, 0.6) is 0 Å². The monoisotopic (exact) mass is 291 g/mol. The first-order valence-electron chi connectivity index (χ1n) is 6.62. The second kappa shape index (κ2) is 6.25. The highest BCUT2D eigenvalue weighted by Gasteiger charge is 2.34. The van der Waals surface area contributed by atoms with Gasteiger partial charge < -0.3 is 19.8 Å². The van der Waals surface area contributed by atoms with Crippen molar-refractivity contribution >= 4 is 5.97 Å². The first-order chi connectivity index (χ1) is 10.0. The van der Waals surface area contributed by atoms with Crippen LogP contribution < -0.4 is 5.32 Å². The van der Waals surface area contributed by atoms with Gasteiger partial charge in [0.2, 0.25) is 0 Å². The maximum absolute atomic E-state index is 12.3. The Balaban J connectivity index is 2.36. The number of carbonyl (C=O) groups is 1. The van der Waals surface area contributed by atoms with E-state index in [9.17, 15) is 14.9 Å². The number of hydrogen-bond acceptors (Lipinski definition) is 6. The van der Waals surface area contributed by atoms with Gasteiger partial charge in [-0.15, -0.1) is 0 Å². The molecule has 112 valence electrons. The minimum atomic E-state index is -0.698. The predicted octanol–water partition coefficient (Wildman–Crippen LogP) is 1.54. The number of benzene rings is 1. The van der Waals surface area contributed by atoms with E-state index in [1.54, 1.807) is 11.8 Å². The number of nitro groups is 1. The standard InChI is InChI=1S/C14H17N3O4/c1-3-21-14(18)13(11-7-5-4-6-10(11)2)16-8-12(15-9-16)17(19)20/h4-8,13,15H,3,9H2,1-2H3. The lowest BCUT2D eigenvalue weighted by Crippen LogP contribution is -2.33. The molecule has 0 aromatic heterocycles. The van der Waals surface area contributed by atoms with Crippen LogP contribution in [0, 0.1) is 17.0 Å². The van der Waals surface area contributed by atoms with Crippen LogP contribution in [0.3, 0.4) is 0 Å². The zero-order valence-electron chi connectivity index (χ0n) is 11.9. The quantitative estimate of drug-likeness (QED) is 0.503. The summed E-state index contributed by atoms with van der Waals surface area (Å²) in [6.45, 7) is 4.07. The summed E-state index contributed by atoms with van der Waals surface area (Å²) in [5.74, 6) is -0.549. The summed E-state index contributed by atoms with van der Waals surface area (Å²) in [7, 11) is 0. The fourth-order valence-corrected chi connectivity index (χ4v) is 2.25. The molecule has 0 spiro atoms. The van der Waals surface area contributed by atoms with Gasteiger partial charge in [0.15, 0.2) is 12.7 Å². The number of nitrogens with one attached hydrogen (secondary N) is 1. The molecule has 21 heavy (non-hydrogen) atoms. The third-order valence-corrected chi connectivity index (χ3v) is 3.25. The molecule has 1 heterocycles. The number of esters is 1. The largest absolute Gasteiger partial charge is 0.464 e. The predicted molar refractivity (Wildman–Crippen MR) is 75.5 cm³/mol. The van der Waals surface area contributed by atoms with Crippen LogP contribution in [-0.4, -0.2) is 29.1 Å². The lowest BCUT2D eigenvalue weighted by Gasteiger charge is -2.25. The van der Waals surface area contributed by atoms with E-state index in [1.165, 1.54) is 6.20 Å². The van der Waals surface area contributed by atoms with Crippen LogP contribution in [0.25, 0.3) is 0 Å². The van der Waals surface area contributed by atoms with Gasteiger partial charge in [-0.1, -0.05) is 24.3 Å². The molecule has 0 bridgehead atoms. The highest BCUT2D eigenvalue weighted by atomic mass is 16.6. The highest BCUT2D eigenvalue weighted by molar-refractivity contribution is 5.78. The molecule has 1 aromatic rings. The van der Waals surface area contributed by atoms with E-state index in [2.05, 4.69) is 5.32 Å². The molecule has 0 aliphatic carbocycles. The first-order valence-corrected chi connectivity index (χ1v) is 6.62. The van der Waals surface area contributed by atoms with E-state index in [4.69, 9.17) is 4.74 Å². The molecular weight excluding hydrogens is 274 g/mol. The molecule has 1 aliphatic rings. The Bertz CT molecular complexity index is 585. The molecule has 1 N–H and O–H groups in total. The lowest BCUT2D eigenvalue weighted by atomic mass is 10.0. The van der Waals surface area contributed by atoms with Gasteiger partial charge in [-0.05, 0) is 29.9 Å². The molecule has 0 fully saturated rings. The number of aryl methyl sites for hydroxylation is 1. The average Bonchev–Trinajstić information content (AvgIpc) is 2.91. The summed E-state index contributed by atoms with van der Waals surface area (Å²) in [6, 6.07) is 6.73. The summed E-state index contributed by atoms with van der Waals surface area (Å²) >= 11 is 0. The Morgan fingerprint density at radius 2 is 2.24 bits per heavy atom. The third kappa shape index (κ3) is 3.13. The molecule has 7 nitrogen and oxygen atoms in total. The van der Waals surface area contributed by atoms with E-state index >= 15 is 0 Å². The van der Waals surface area contributed by atoms with Crippen LogP contribution in [-0.2, 0) is 9.53 Å². The number of carbonyl (C=O) groups excluding carboxylic acids is 1. The van der Waals surface area contributed by atoms with Gasteiger partial charge in [-0.3, -0.25) is 5.32 Å². The van der Waals surface area contributed by atoms with Gasteiger partial charge in [0.25, 0.3) is 0 Å². The van der Waals surface area contributed by atoms with Crippen molar-refractivity contribution < 1.29 is 14.5 Å². The molecule has 0 saturated heterocycles. The van der Waals surface area contributed by atoms with Crippen LogP contribution in [0.15, 0.2) is 36.3 Å². The van der Waals surface area contributed by atoms with Crippen molar-refractivity contribution in [2.75, 3.05) is 13.3 Å². The van der Waals surface area contributed by atoms with Gasteiger partial charge in [-0.25, -0.2) is 4.79 Å². The molecule has 1 atom stereocenters. The maximum atomic E-state index is 12.3. The zero-order valence-corrected chi connectivity index (χ0v) is 11.9. The third-order valence-electron chi connectivity index (χ3n) is 3.25. The average molecular weight is 291 g/mol. The minimum absolute atomic E-state index is 0.127. The first kappa shape index (κ1) is 14.8. The summed E-state index contributed by atoms with van der Waals surface area (Å²) in [5, 5.41) is 13.5. The van der Waals surface area contributed by atoms with Crippen molar-refractivity contribution in [1.29, 1.82) is 0 Å². The Kier molecular flexibility index (Phi) is 4.42. The van der Waals surface area contributed by atoms with E-state index < -0.39 is 16.9 Å². The zero-order chi connectivity index (χ0) is 15.4. The Morgan fingerprint density at radius 1 is 1.52 bits per heavy atom. The molecule has 0 amide bonds. The Hall–Kier alpha value is -2.57. The smallest absolute Gasteiger partial charge is 0.333 e. The topological polar surface area (TPSA) is 84.7 Å². The molecule has 7 heteroatoms. The number of rotatable bonds is 5. The van der Waals surface area contributed by atoms with Crippen LogP contribution in [0.2, 0.25) is 0 Å². The molecule has 0 radical (unpaired) electrons. The van der Waals surface area contributed by atoms with Gasteiger partial charge in [-0.2, -0.15) is 0 Å². The Morgan fingerprint density at radius 3 is 2.81 bits per heavy atom. The van der Waals surface area contributed by atoms with E-state index in [1.807, 2.05) is 31.2 Å². The van der Waals surface area contributed by atoms with Crippen molar-refractivity contribution in [3.8, 4) is 0 Å². The summed E-state index contributed by atoms with van der Waals surface area (Å²) < 4.78 is 5.11. The van der Waals surface area contributed by atoms with Gasteiger partial charge in [0, 0.05) is 0 Å². The molecule has 1 unspecified atom stereocenters. The van der Waals surface area contributed by atoms with Crippen molar-refractivity contribution in [2.45, 2.75) is 19.9 Å². The van der Waals surface area contributed by atoms with Crippen molar-refractivity contribution in [2.24, 2.45) is 0 Å². The summed E-state index contributed by atoms with van der Waals surface area (Å²) in [6.07, 6.45) is 1.34. The molecule has 1 aliphatic heterocycles. The van der Waals surface area contributed by atoms with Crippen molar-refractivity contribution in [1.82, 2.24) is 10.2 Å². The minimum Gasteiger partial charge on any atom is -0.464 e. The molecule has 2 rings (SSSR count). The van der Waals surface area contributed by atoms with Gasteiger partial charge in [0.1, 0.15) is 0 Å². The van der Waals surface area contributed by atoms with Gasteiger partial charge >= 0.3 is 11.8 Å². The summed E-state index contributed by atoms with van der Waals surface area (Å²) in [4.78, 5) is 24.1. The molecule has 0 saturated carbocycles. The number of hydrogen-bond donors (Lipinski definition) is 1. The van der Waals surface area contributed by atoms with Crippen LogP contribution >= 0.6 is 0 Å². The second-order valence-corrected chi connectivity index (χ2v) is 4.63. The van der Waals surface area contributed by atoms with E-state index in [0.29, 0.717) is 0 Å². The maximum Gasteiger partial charge on any atom is 0.333 e. The SMILES string of the molecule is CCOC(=O)C(c1ccccc1C)N1C=C([N+](=O)[O-])NC1. The number of nitrogens with zero attached hydrogens (tertiary/aromatic N) is 2. The second-order valence-electron chi connectivity index (χ2n) is 4.63. The Labute approximate surface area is 122 Å². The van der Waals surface area contributed by atoms with Crippen molar-refractivity contribution in [3.63, 3.8) is 0 Å². The highest BCUT2D eigenvalue weighted by Crippen LogP contribution is 2.27.